The lowest BCUT2D eigenvalue weighted by molar-refractivity contribution is -0.137. The molecule has 3 aromatic rings. The van der Waals surface area contributed by atoms with Gasteiger partial charge in [-0.3, -0.25) is 4.79 Å². The van der Waals surface area contributed by atoms with Gasteiger partial charge in [-0.15, -0.1) is 5.10 Å². The molecule has 2 aromatic carbocycles. The Balaban J connectivity index is 1.82. The van der Waals surface area contributed by atoms with Crippen LogP contribution in [-0.4, -0.2) is 22.6 Å². The number of aromatic nitrogens is 2. The molecule has 5 nitrogen and oxygen atoms in total. The van der Waals surface area contributed by atoms with Gasteiger partial charge < -0.3 is 10.1 Å². The molecule has 0 bridgehead atoms. The Morgan fingerprint density at radius 3 is 2.54 bits per heavy atom. The summed E-state index contributed by atoms with van der Waals surface area (Å²) >= 11 is 0.899. The Kier molecular flexibility index (Phi) is 4.90. The van der Waals surface area contributed by atoms with Crippen LogP contribution in [0.4, 0.5) is 18.9 Å². The summed E-state index contributed by atoms with van der Waals surface area (Å²) in [6, 6.07) is 11.2. The summed E-state index contributed by atoms with van der Waals surface area (Å²) < 4.78 is 46.7. The first-order valence-electron chi connectivity index (χ1n) is 7.34. The van der Waals surface area contributed by atoms with Gasteiger partial charge in [-0.1, -0.05) is 16.6 Å². The minimum atomic E-state index is -4.43. The van der Waals surface area contributed by atoms with E-state index in [0.717, 1.165) is 23.7 Å². The van der Waals surface area contributed by atoms with Gasteiger partial charge in [0.05, 0.1) is 12.7 Å². The molecule has 0 aliphatic carbocycles. The van der Waals surface area contributed by atoms with Crippen molar-refractivity contribution in [2.75, 3.05) is 12.4 Å². The molecule has 1 amide bonds. The van der Waals surface area contributed by atoms with Crippen LogP contribution in [0.1, 0.15) is 15.2 Å². The summed E-state index contributed by atoms with van der Waals surface area (Å²) in [6.45, 7) is 0. The standard InChI is InChI=1S/C17H12F3N3O2S/c1-25-13-4-2-3-10(9-13)14-15(26-23-22-14)16(24)21-12-7-5-11(6-8-12)17(18,19)20/h2-9H,1H3,(H,21,24). The average Bonchev–Trinajstić information content (AvgIpc) is 3.11. The molecule has 0 atom stereocenters. The second kappa shape index (κ2) is 7.12. The summed E-state index contributed by atoms with van der Waals surface area (Å²) in [5.41, 5.74) is 0.481. The van der Waals surface area contributed by atoms with E-state index in [0.29, 0.717) is 17.0 Å². The number of alkyl halides is 3. The Morgan fingerprint density at radius 1 is 1.15 bits per heavy atom. The Labute approximate surface area is 150 Å². The van der Waals surface area contributed by atoms with Gasteiger partial charge in [0.15, 0.2) is 0 Å². The van der Waals surface area contributed by atoms with Crippen molar-refractivity contribution in [3.8, 4) is 17.0 Å². The summed E-state index contributed by atoms with van der Waals surface area (Å²) in [4.78, 5) is 12.7. The van der Waals surface area contributed by atoms with E-state index in [1.807, 2.05) is 0 Å². The Morgan fingerprint density at radius 2 is 1.88 bits per heavy atom. The Bertz CT molecular complexity index is 924. The number of carbonyl (C=O) groups excluding carboxylic acids is 1. The van der Waals surface area contributed by atoms with Crippen molar-refractivity contribution in [2.45, 2.75) is 6.18 Å². The molecule has 3 rings (SSSR count). The second-order valence-corrected chi connectivity index (χ2v) is 5.97. The van der Waals surface area contributed by atoms with Gasteiger partial charge in [0.2, 0.25) is 0 Å². The number of anilines is 1. The number of hydrogen-bond donors (Lipinski definition) is 1. The monoisotopic (exact) mass is 379 g/mol. The van der Waals surface area contributed by atoms with Gasteiger partial charge in [-0.2, -0.15) is 13.2 Å². The number of nitrogens with one attached hydrogen (secondary N) is 1. The predicted molar refractivity (Wildman–Crippen MR) is 91.3 cm³/mol. The molecule has 0 aliphatic rings. The number of halogens is 3. The molecular weight excluding hydrogens is 367 g/mol. The molecular formula is C17H12F3N3O2S. The van der Waals surface area contributed by atoms with Gasteiger partial charge in [0.25, 0.3) is 5.91 Å². The van der Waals surface area contributed by atoms with Gasteiger partial charge >= 0.3 is 6.18 Å². The minimum Gasteiger partial charge on any atom is -0.497 e. The van der Waals surface area contributed by atoms with Crippen molar-refractivity contribution in [2.24, 2.45) is 0 Å². The van der Waals surface area contributed by atoms with Crippen molar-refractivity contribution in [3.05, 3.63) is 59.0 Å². The number of hydrogen-bond acceptors (Lipinski definition) is 5. The average molecular weight is 379 g/mol. The van der Waals surface area contributed by atoms with Crippen molar-refractivity contribution in [1.82, 2.24) is 9.59 Å². The van der Waals surface area contributed by atoms with Crippen molar-refractivity contribution in [3.63, 3.8) is 0 Å². The van der Waals surface area contributed by atoms with Crippen LogP contribution >= 0.6 is 11.5 Å². The summed E-state index contributed by atoms with van der Waals surface area (Å²) in [7, 11) is 1.52. The van der Waals surface area contributed by atoms with E-state index in [9.17, 15) is 18.0 Å². The zero-order valence-electron chi connectivity index (χ0n) is 13.4. The van der Waals surface area contributed by atoms with Crippen LogP contribution < -0.4 is 10.1 Å². The largest absolute Gasteiger partial charge is 0.497 e. The third-order valence-electron chi connectivity index (χ3n) is 3.51. The van der Waals surface area contributed by atoms with Crippen LogP contribution in [0.3, 0.4) is 0 Å². The maximum Gasteiger partial charge on any atom is 0.416 e. The van der Waals surface area contributed by atoms with Gasteiger partial charge in [0, 0.05) is 11.3 Å². The highest BCUT2D eigenvalue weighted by Crippen LogP contribution is 2.31. The van der Waals surface area contributed by atoms with E-state index >= 15 is 0 Å². The Hall–Kier alpha value is -2.94. The van der Waals surface area contributed by atoms with Crippen LogP contribution in [-0.2, 0) is 6.18 Å². The SMILES string of the molecule is COc1cccc(-c2nnsc2C(=O)Nc2ccc(C(F)(F)F)cc2)c1. The van der Waals surface area contributed by atoms with E-state index in [1.165, 1.54) is 19.2 Å². The molecule has 134 valence electrons. The van der Waals surface area contributed by atoms with Gasteiger partial charge in [0.1, 0.15) is 16.3 Å². The van der Waals surface area contributed by atoms with Crippen molar-refractivity contribution in [1.29, 1.82) is 0 Å². The summed E-state index contributed by atoms with van der Waals surface area (Å²) in [6.07, 6.45) is -4.43. The van der Waals surface area contributed by atoms with Crippen LogP contribution in [0, 0.1) is 0 Å². The maximum atomic E-state index is 12.6. The normalized spacial score (nSPS) is 11.2. The van der Waals surface area contributed by atoms with Crippen molar-refractivity contribution >= 4 is 23.1 Å². The number of methoxy groups -OCH3 is 1. The van der Waals surface area contributed by atoms with Crippen LogP contribution in [0.5, 0.6) is 5.75 Å². The fourth-order valence-electron chi connectivity index (χ4n) is 2.23. The van der Waals surface area contributed by atoms with E-state index in [4.69, 9.17) is 4.74 Å². The molecule has 1 heterocycles. The quantitative estimate of drug-likeness (QED) is 0.726. The predicted octanol–water partition coefficient (Wildman–Crippen LogP) is 4.48. The van der Waals surface area contributed by atoms with Crippen LogP contribution in [0.25, 0.3) is 11.3 Å². The highest BCUT2D eigenvalue weighted by molar-refractivity contribution is 7.08. The molecule has 1 aromatic heterocycles. The third-order valence-corrected chi connectivity index (χ3v) is 4.23. The fraction of sp³-hybridized carbons (Fsp3) is 0.118. The zero-order valence-corrected chi connectivity index (χ0v) is 14.2. The zero-order chi connectivity index (χ0) is 18.7. The van der Waals surface area contributed by atoms with Crippen LogP contribution in [0.2, 0.25) is 0 Å². The molecule has 0 aliphatic heterocycles. The van der Waals surface area contributed by atoms with E-state index in [1.54, 1.807) is 24.3 Å². The molecule has 0 saturated carbocycles. The number of carbonyl (C=O) groups is 1. The number of amides is 1. The topological polar surface area (TPSA) is 64.1 Å². The molecule has 26 heavy (non-hydrogen) atoms. The number of ether oxygens (including phenoxy) is 1. The molecule has 9 heteroatoms. The lowest BCUT2D eigenvalue weighted by Gasteiger charge is -2.09. The number of benzene rings is 2. The molecule has 0 spiro atoms. The van der Waals surface area contributed by atoms with Crippen molar-refractivity contribution < 1.29 is 22.7 Å². The first kappa shape index (κ1) is 17.9. The summed E-state index contributed by atoms with van der Waals surface area (Å²) in [5, 5.41) is 6.53. The molecule has 1 N–H and O–H groups in total. The highest BCUT2D eigenvalue weighted by atomic mass is 32.1. The molecule has 0 unspecified atom stereocenters. The first-order chi connectivity index (χ1) is 12.4. The minimum absolute atomic E-state index is 0.244. The number of rotatable bonds is 4. The first-order valence-corrected chi connectivity index (χ1v) is 8.11. The number of nitrogens with zero attached hydrogens (tertiary/aromatic N) is 2. The smallest absolute Gasteiger partial charge is 0.416 e. The van der Waals surface area contributed by atoms with Crippen LogP contribution in [0.15, 0.2) is 48.5 Å². The summed E-state index contributed by atoms with van der Waals surface area (Å²) in [5.74, 6) is 0.0992. The van der Waals surface area contributed by atoms with E-state index in [2.05, 4.69) is 14.9 Å². The molecule has 0 saturated heterocycles. The lowest BCUT2D eigenvalue weighted by atomic mass is 10.1. The van der Waals surface area contributed by atoms with E-state index < -0.39 is 17.6 Å². The third kappa shape index (κ3) is 3.83. The van der Waals surface area contributed by atoms with Gasteiger partial charge in [-0.25, -0.2) is 0 Å². The fourth-order valence-corrected chi connectivity index (χ4v) is 2.81. The lowest BCUT2D eigenvalue weighted by Crippen LogP contribution is -2.12. The second-order valence-electron chi connectivity index (χ2n) is 5.21. The van der Waals surface area contributed by atoms with E-state index in [-0.39, 0.29) is 10.6 Å². The maximum absolute atomic E-state index is 12.6. The highest BCUT2D eigenvalue weighted by Gasteiger charge is 2.30. The molecule has 0 fully saturated rings. The molecule has 0 radical (unpaired) electrons. The van der Waals surface area contributed by atoms with Gasteiger partial charge in [-0.05, 0) is 47.9 Å².